The van der Waals surface area contributed by atoms with E-state index < -0.39 is 18.7 Å². The highest BCUT2D eigenvalue weighted by Gasteiger charge is 2.28. The summed E-state index contributed by atoms with van der Waals surface area (Å²) in [5.74, 6) is -1.05. The SMILES string of the molecule is CC(=O)NCCC(=O)NOCC(F)(F)F. The number of alkyl halides is 3. The first-order chi connectivity index (χ1) is 6.81. The molecule has 0 aliphatic heterocycles. The molecule has 0 aromatic heterocycles. The molecule has 0 radical (unpaired) electrons. The van der Waals surface area contributed by atoms with Gasteiger partial charge in [-0.05, 0) is 0 Å². The quantitative estimate of drug-likeness (QED) is 0.657. The van der Waals surface area contributed by atoms with Crippen LogP contribution >= 0.6 is 0 Å². The van der Waals surface area contributed by atoms with Gasteiger partial charge in [-0.25, -0.2) is 5.48 Å². The second kappa shape index (κ2) is 6.23. The van der Waals surface area contributed by atoms with E-state index in [9.17, 15) is 22.8 Å². The monoisotopic (exact) mass is 228 g/mol. The Morgan fingerprint density at radius 2 is 1.93 bits per heavy atom. The molecule has 0 aliphatic rings. The number of amides is 2. The normalized spacial score (nSPS) is 10.9. The van der Waals surface area contributed by atoms with E-state index in [1.165, 1.54) is 6.92 Å². The molecule has 0 aromatic carbocycles. The molecule has 0 atom stereocenters. The van der Waals surface area contributed by atoms with Crippen LogP contribution in [0.3, 0.4) is 0 Å². The minimum Gasteiger partial charge on any atom is -0.356 e. The maximum absolute atomic E-state index is 11.5. The summed E-state index contributed by atoms with van der Waals surface area (Å²) in [6, 6.07) is 0. The highest BCUT2D eigenvalue weighted by Crippen LogP contribution is 2.13. The Bertz CT molecular complexity index is 230. The fourth-order valence-electron chi connectivity index (χ4n) is 0.602. The fraction of sp³-hybridized carbons (Fsp3) is 0.714. The van der Waals surface area contributed by atoms with Crippen molar-refractivity contribution in [3.8, 4) is 0 Å². The van der Waals surface area contributed by atoms with Crippen LogP contribution in [-0.2, 0) is 14.4 Å². The minimum absolute atomic E-state index is 0.0521. The molecule has 2 amide bonds. The van der Waals surface area contributed by atoms with E-state index in [0.29, 0.717) is 0 Å². The molecule has 2 N–H and O–H groups in total. The number of hydrogen-bond donors (Lipinski definition) is 2. The number of halogens is 3. The summed E-state index contributed by atoms with van der Waals surface area (Å²) >= 11 is 0. The van der Waals surface area contributed by atoms with Crippen molar-refractivity contribution in [1.29, 1.82) is 0 Å². The van der Waals surface area contributed by atoms with Gasteiger partial charge in [-0.2, -0.15) is 13.2 Å². The van der Waals surface area contributed by atoms with Gasteiger partial charge in [0.15, 0.2) is 6.61 Å². The molecule has 0 spiro atoms. The first-order valence-electron chi connectivity index (χ1n) is 4.03. The Labute approximate surface area is 83.9 Å². The van der Waals surface area contributed by atoms with Gasteiger partial charge in [0.05, 0.1) is 0 Å². The van der Waals surface area contributed by atoms with Crippen molar-refractivity contribution >= 4 is 11.8 Å². The second-order valence-corrected chi connectivity index (χ2v) is 2.66. The Kier molecular flexibility index (Phi) is 5.68. The van der Waals surface area contributed by atoms with Gasteiger partial charge in [0.25, 0.3) is 0 Å². The molecule has 15 heavy (non-hydrogen) atoms. The van der Waals surface area contributed by atoms with Gasteiger partial charge in [0.2, 0.25) is 11.8 Å². The molecule has 0 bridgehead atoms. The van der Waals surface area contributed by atoms with Gasteiger partial charge in [-0.15, -0.1) is 0 Å². The molecule has 0 unspecified atom stereocenters. The van der Waals surface area contributed by atoms with Crippen molar-refractivity contribution in [2.75, 3.05) is 13.2 Å². The molecule has 0 fully saturated rings. The van der Waals surface area contributed by atoms with Gasteiger partial charge in [0.1, 0.15) is 0 Å². The largest absolute Gasteiger partial charge is 0.414 e. The molecule has 88 valence electrons. The predicted octanol–water partition coefficient (Wildman–Crippen LogP) is 0.123. The van der Waals surface area contributed by atoms with Gasteiger partial charge in [-0.3, -0.25) is 14.4 Å². The molecule has 0 saturated heterocycles. The van der Waals surface area contributed by atoms with Gasteiger partial charge in [0, 0.05) is 19.9 Å². The number of carbonyl (C=O) groups excluding carboxylic acids is 2. The summed E-state index contributed by atoms with van der Waals surface area (Å²) in [5.41, 5.74) is 1.60. The van der Waals surface area contributed by atoms with Crippen LogP contribution < -0.4 is 10.8 Å². The second-order valence-electron chi connectivity index (χ2n) is 2.66. The molecule has 0 heterocycles. The van der Waals surface area contributed by atoms with Crippen LogP contribution in [-0.4, -0.2) is 31.1 Å². The average Bonchev–Trinajstić information content (AvgIpc) is 2.00. The van der Waals surface area contributed by atoms with Crippen molar-refractivity contribution in [2.45, 2.75) is 19.5 Å². The highest BCUT2D eigenvalue weighted by molar-refractivity contribution is 5.77. The lowest BCUT2D eigenvalue weighted by molar-refractivity contribution is -0.191. The van der Waals surface area contributed by atoms with Crippen LogP contribution in [0, 0.1) is 0 Å². The summed E-state index contributed by atoms with van der Waals surface area (Å²) < 4.78 is 34.6. The molecule has 8 heteroatoms. The van der Waals surface area contributed by atoms with E-state index >= 15 is 0 Å². The Morgan fingerprint density at radius 3 is 2.40 bits per heavy atom. The highest BCUT2D eigenvalue weighted by atomic mass is 19.4. The molecular weight excluding hydrogens is 217 g/mol. The zero-order valence-corrected chi connectivity index (χ0v) is 7.98. The summed E-state index contributed by atoms with van der Waals surface area (Å²) in [7, 11) is 0. The van der Waals surface area contributed by atoms with Crippen LogP contribution in [0.15, 0.2) is 0 Å². The Morgan fingerprint density at radius 1 is 1.33 bits per heavy atom. The van der Waals surface area contributed by atoms with Crippen LogP contribution in [0.2, 0.25) is 0 Å². The maximum Gasteiger partial charge on any atom is 0.414 e. The van der Waals surface area contributed by atoms with E-state index in [1.54, 1.807) is 5.48 Å². The maximum atomic E-state index is 11.5. The lowest BCUT2D eigenvalue weighted by atomic mass is 10.4. The van der Waals surface area contributed by atoms with Crippen LogP contribution in [0.4, 0.5) is 13.2 Å². The van der Waals surface area contributed by atoms with E-state index in [0.717, 1.165) is 0 Å². The Hall–Kier alpha value is -1.31. The van der Waals surface area contributed by atoms with E-state index in [1.807, 2.05) is 0 Å². The van der Waals surface area contributed by atoms with E-state index in [4.69, 9.17) is 0 Å². The number of rotatable bonds is 5. The van der Waals surface area contributed by atoms with Crippen molar-refractivity contribution in [3.05, 3.63) is 0 Å². The first kappa shape index (κ1) is 13.7. The molecular formula is C7H11F3N2O3. The third-order valence-corrected chi connectivity index (χ3v) is 1.15. The standard InChI is InChI=1S/C7H11F3N2O3/c1-5(13)11-3-2-6(14)12-15-4-7(8,9)10/h2-4H2,1H3,(H,11,13)(H,12,14). The zero-order valence-electron chi connectivity index (χ0n) is 7.98. The van der Waals surface area contributed by atoms with E-state index in [2.05, 4.69) is 10.2 Å². The summed E-state index contributed by atoms with van der Waals surface area (Å²) in [5, 5.41) is 2.31. The van der Waals surface area contributed by atoms with Crippen molar-refractivity contribution in [2.24, 2.45) is 0 Å². The van der Waals surface area contributed by atoms with Gasteiger partial charge < -0.3 is 5.32 Å². The number of hydrogen-bond acceptors (Lipinski definition) is 3. The molecule has 0 saturated carbocycles. The third-order valence-electron chi connectivity index (χ3n) is 1.15. The number of carbonyl (C=O) groups is 2. The fourth-order valence-corrected chi connectivity index (χ4v) is 0.602. The third kappa shape index (κ3) is 10.6. The van der Waals surface area contributed by atoms with Crippen LogP contribution in [0.1, 0.15) is 13.3 Å². The van der Waals surface area contributed by atoms with Crippen LogP contribution in [0.25, 0.3) is 0 Å². The first-order valence-corrected chi connectivity index (χ1v) is 4.03. The number of nitrogens with one attached hydrogen (secondary N) is 2. The van der Waals surface area contributed by atoms with Crippen molar-refractivity contribution in [3.63, 3.8) is 0 Å². The smallest absolute Gasteiger partial charge is 0.356 e. The number of hydroxylamine groups is 1. The lowest BCUT2D eigenvalue weighted by Gasteiger charge is -2.08. The predicted molar refractivity (Wildman–Crippen MR) is 43.5 cm³/mol. The van der Waals surface area contributed by atoms with Gasteiger partial charge >= 0.3 is 6.18 Å². The topological polar surface area (TPSA) is 67.4 Å². The Balaban J connectivity index is 3.46. The zero-order chi connectivity index (χ0) is 11.9. The summed E-state index contributed by atoms with van der Waals surface area (Å²) in [6.45, 7) is -0.229. The molecule has 0 aromatic rings. The van der Waals surface area contributed by atoms with Crippen LogP contribution in [0.5, 0.6) is 0 Å². The van der Waals surface area contributed by atoms with Crippen molar-refractivity contribution in [1.82, 2.24) is 10.8 Å². The molecule has 0 aliphatic carbocycles. The summed E-state index contributed by atoms with van der Waals surface area (Å²) in [6.07, 6.45) is -4.62. The van der Waals surface area contributed by atoms with Gasteiger partial charge in [-0.1, -0.05) is 0 Å². The minimum atomic E-state index is -4.48. The lowest BCUT2D eigenvalue weighted by Crippen LogP contribution is -2.32. The molecule has 0 rings (SSSR count). The van der Waals surface area contributed by atoms with E-state index in [-0.39, 0.29) is 18.9 Å². The average molecular weight is 228 g/mol. The molecule has 5 nitrogen and oxygen atoms in total. The summed E-state index contributed by atoms with van der Waals surface area (Å²) in [4.78, 5) is 25.0. The van der Waals surface area contributed by atoms with Crippen molar-refractivity contribution < 1.29 is 27.6 Å².